The summed E-state index contributed by atoms with van der Waals surface area (Å²) in [5.41, 5.74) is 2.90. The van der Waals surface area contributed by atoms with E-state index in [0.29, 0.717) is 25.2 Å². The molecule has 1 saturated carbocycles. The van der Waals surface area contributed by atoms with E-state index in [1.54, 1.807) is 41.5 Å². The Bertz CT molecular complexity index is 1110. The number of hydrogen-bond acceptors (Lipinski definition) is 7. The van der Waals surface area contributed by atoms with Crippen molar-refractivity contribution in [3.8, 4) is 0 Å². The van der Waals surface area contributed by atoms with Crippen LogP contribution in [0.5, 0.6) is 0 Å². The fourth-order valence-corrected chi connectivity index (χ4v) is 4.72. The first-order valence-corrected chi connectivity index (χ1v) is 13.6. The van der Waals surface area contributed by atoms with Crippen LogP contribution in [0.25, 0.3) is 0 Å². The lowest BCUT2D eigenvalue weighted by molar-refractivity contribution is 0.0440. The van der Waals surface area contributed by atoms with E-state index in [1.165, 1.54) is 0 Å². The van der Waals surface area contributed by atoms with Crippen molar-refractivity contribution in [2.24, 2.45) is 5.92 Å². The molecule has 3 rings (SSSR count). The normalized spacial score (nSPS) is 17.9. The van der Waals surface area contributed by atoms with Gasteiger partial charge < -0.3 is 25.0 Å². The van der Waals surface area contributed by atoms with Gasteiger partial charge in [-0.15, -0.1) is 0 Å². The topological polar surface area (TPSA) is 121 Å². The number of alkyl carbamates (subject to hydrolysis) is 1. The molecule has 10 nitrogen and oxygen atoms in total. The van der Waals surface area contributed by atoms with Gasteiger partial charge >= 0.3 is 12.2 Å². The highest BCUT2D eigenvalue weighted by molar-refractivity contribution is 6.37. The summed E-state index contributed by atoms with van der Waals surface area (Å²) >= 11 is 6.76. The molecule has 4 N–H and O–H groups in total. The molecular formula is C27H41ClFN5O5. The van der Waals surface area contributed by atoms with Crippen LogP contribution >= 0.6 is 11.6 Å². The van der Waals surface area contributed by atoms with Crippen LogP contribution in [0.15, 0.2) is 6.07 Å². The van der Waals surface area contributed by atoms with Crippen LogP contribution in [0.1, 0.15) is 85.0 Å². The lowest BCUT2D eigenvalue weighted by Gasteiger charge is -2.34. The van der Waals surface area contributed by atoms with Crippen molar-refractivity contribution >= 4 is 41.1 Å². The summed E-state index contributed by atoms with van der Waals surface area (Å²) in [6, 6.07) is 1.24. The molecule has 0 spiro atoms. The number of rotatable bonds is 6. The Balaban J connectivity index is 1.79. The zero-order valence-electron chi connectivity index (χ0n) is 24.0. The van der Waals surface area contributed by atoms with Gasteiger partial charge in [-0.3, -0.25) is 10.2 Å². The van der Waals surface area contributed by atoms with Gasteiger partial charge in [0.1, 0.15) is 17.0 Å². The minimum absolute atomic E-state index is 0.0127. The summed E-state index contributed by atoms with van der Waals surface area (Å²) in [6.07, 6.45) is 1.13. The van der Waals surface area contributed by atoms with Gasteiger partial charge in [-0.1, -0.05) is 11.6 Å². The molecule has 1 heterocycles. The standard InChI is InChI=1S/C27H41ClFN5O5/c1-25(2,3)38-23(36)31-27(7,8)15-11-12-34(14-15)21-18(29)13-17(20(19(21)28)30-16-9-10-16)22(35)32-33-24(37)39-26(4,5)6/h13,15-16,30H,9-12,14H2,1-8H3,(H,31,36)(H,32,35)(H,33,37). The molecule has 39 heavy (non-hydrogen) atoms. The van der Waals surface area contributed by atoms with Gasteiger partial charge in [0.05, 0.1) is 22.0 Å². The number of halogens is 2. The van der Waals surface area contributed by atoms with Crippen LogP contribution in [-0.2, 0) is 9.47 Å². The van der Waals surface area contributed by atoms with Crippen LogP contribution in [0.4, 0.5) is 25.4 Å². The molecule has 1 aliphatic carbocycles. The predicted octanol–water partition coefficient (Wildman–Crippen LogP) is 5.35. The number of hydrogen-bond donors (Lipinski definition) is 4. The molecule has 0 aromatic heterocycles. The van der Waals surface area contributed by atoms with Crippen molar-refractivity contribution < 1.29 is 28.2 Å². The number of anilines is 2. The fourth-order valence-electron chi connectivity index (χ4n) is 4.35. The van der Waals surface area contributed by atoms with Crippen LogP contribution in [0.3, 0.4) is 0 Å². The summed E-state index contributed by atoms with van der Waals surface area (Å²) in [5.74, 6) is -1.41. The van der Waals surface area contributed by atoms with Gasteiger partial charge in [0, 0.05) is 30.6 Å². The molecule has 1 aromatic rings. The number of carbonyl (C=O) groups excluding carboxylic acids is 3. The third kappa shape index (κ3) is 8.52. The van der Waals surface area contributed by atoms with E-state index in [9.17, 15) is 14.4 Å². The van der Waals surface area contributed by atoms with Crippen molar-refractivity contribution in [1.82, 2.24) is 16.2 Å². The number of hydrazine groups is 1. The summed E-state index contributed by atoms with van der Waals surface area (Å²) in [6.45, 7) is 15.2. The number of carbonyl (C=O) groups is 3. The maximum absolute atomic E-state index is 15.6. The number of benzene rings is 1. The maximum Gasteiger partial charge on any atom is 0.426 e. The monoisotopic (exact) mass is 569 g/mol. The Morgan fingerprint density at radius 3 is 2.10 bits per heavy atom. The average molecular weight is 570 g/mol. The highest BCUT2D eigenvalue weighted by Crippen LogP contribution is 2.43. The SMILES string of the molecule is CC(C)(C)OC(=O)NNC(=O)c1cc(F)c(N2CCC(C(C)(C)NC(=O)OC(C)(C)C)C2)c(Cl)c1NC1CC1. The fraction of sp³-hybridized carbons (Fsp3) is 0.667. The number of amides is 3. The predicted molar refractivity (Wildman–Crippen MR) is 149 cm³/mol. The van der Waals surface area contributed by atoms with E-state index >= 15 is 4.39 Å². The van der Waals surface area contributed by atoms with Gasteiger partial charge in [-0.05, 0) is 80.7 Å². The molecule has 0 radical (unpaired) electrons. The molecule has 3 amide bonds. The van der Waals surface area contributed by atoms with E-state index in [1.807, 2.05) is 18.7 Å². The molecular weight excluding hydrogens is 529 g/mol. The third-order valence-corrected chi connectivity index (χ3v) is 6.76. The first kappa shape index (κ1) is 30.6. The van der Waals surface area contributed by atoms with Crippen molar-refractivity contribution in [3.63, 3.8) is 0 Å². The Labute approximate surface area is 234 Å². The molecule has 1 saturated heterocycles. The molecule has 218 valence electrons. The molecule has 1 atom stereocenters. The van der Waals surface area contributed by atoms with Gasteiger partial charge in [0.15, 0.2) is 0 Å². The van der Waals surface area contributed by atoms with Crippen LogP contribution in [0.2, 0.25) is 5.02 Å². The molecule has 0 bridgehead atoms. The highest BCUT2D eigenvalue weighted by atomic mass is 35.5. The summed E-state index contributed by atoms with van der Waals surface area (Å²) in [7, 11) is 0. The molecule has 1 unspecified atom stereocenters. The second-order valence-corrected chi connectivity index (χ2v) is 13.1. The first-order valence-electron chi connectivity index (χ1n) is 13.2. The highest BCUT2D eigenvalue weighted by Gasteiger charge is 2.39. The Kier molecular flexibility index (Phi) is 8.84. The van der Waals surface area contributed by atoms with Crippen molar-refractivity contribution in [1.29, 1.82) is 0 Å². The molecule has 2 aliphatic rings. The van der Waals surface area contributed by atoms with Crippen molar-refractivity contribution in [2.45, 2.75) is 97.4 Å². The van der Waals surface area contributed by atoms with E-state index in [2.05, 4.69) is 21.5 Å². The quantitative estimate of drug-likeness (QED) is 0.341. The summed E-state index contributed by atoms with van der Waals surface area (Å²) in [4.78, 5) is 39.2. The summed E-state index contributed by atoms with van der Waals surface area (Å²) < 4.78 is 26.1. The lowest BCUT2D eigenvalue weighted by atomic mass is 9.87. The van der Waals surface area contributed by atoms with E-state index in [4.69, 9.17) is 21.1 Å². The van der Waals surface area contributed by atoms with Crippen LogP contribution < -0.4 is 26.4 Å². The molecule has 12 heteroatoms. The van der Waals surface area contributed by atoms with E-state index in [0.717, 1.165) is 18.9 Å². The van der Waals surface area contributed by atoms with Gasteiger partial charge in [-0.2, -0.15) is 0 Å². The van der Waals surface area contributed by atoms with E-state index in [-0.39, 0.29) is 28.2 Å². The molecule has 1 aliphatic heterocycles. The number of ether oxygens (including phenoxy) is 2. The minimum Gasteiger partial charge on any atom is -0.444 e. The lowest BCUT2D eigenvalue weighted by Crippen LogP contribution is -2.51. The number of nitrogens with zero attached hydrogens (tertiary/aromatic N) is 1. The van der Waals surface area contributed by atoms with Crippen molar-refractivity contribution in [3.05, 3.63) is 22.5 Å². The Morgan fingerprint density at radius 1 is 0.949 bits per heavy atom. The second-order valence-electron chi connectivity index (χ2n) is 12.7. The average Bonchev–Trinajstić information content (AvgIpc) is 3.43. The van der Waals surface area contributed by atoms with Crippen LogP contribution in [-0.4, -0.2) is 54.0 Å². The molecule has 2 fully saturated rings. The smallest absolute Gasteiger partial charge is 0.426 e. The van der Waals surface area contributed by atoms with Gasteiger partial charge in [0.25, 0.3) is 5.91 Å². The first-order chi connectivity index (χ1) is 17.9. The zero-order valence-corrected chi connectivity index (χ0v) is 24.8. The second kappa shape index (κ2) is 11.3. The Hall–Kier alpha value is -2.95. The largest absolute Gasteiger partial charge is 0.444 e. The number of nitrogens with one attached hydrogen (secondary N) is 4. The van der Waals surface area contributed by atoms with Gasteiger partial charge in [-0.25, -0.2) is 19.4 Å². The van der Waals surface area contributed by atoms with Crippen LogP contribution in [0, 0.1) is 11.7 Å². The Morgan fingerprint density at radius 2 is 1.54 bits per heavy atom. The maximum atomic E-state index is 15.6. The molecule has 1 aromatic carbocycles. The van der Waals surface area contributed by atoms with Gasteiger partial charge in [0.2, 0.25) is 0 Å². The summed E-state index contributed by atoms with van der Waals surface area (Å²) in [5, 5.41) is 6.26. The minimum atomic E-state index is -0.846. The zero-order chi connectivity index (χ0) is 29.3. The van der Waals surface area contributed by atoms with Crippen molar-refractivity contribution in [2.75, 3.05) is 23.3 Å². The third-order valence-electron chi connectivity index (χ3n) is 6.39. The van der Waals surface area contributed by atoms with E-state index < -0.39 is 40.7 Å².